The maximum absolute atomic E-state index is 12.6. The molecule has 112 valence electrons. The Kier molecular flexibility index (Phi) is 5.44. The van der Waals surface area contributed by atoms with E-state index in [9.17, 15) is 4.79 Å². The number of aromatic nitrogens is 2. The molecule has 1 N–H and O–H groups in total. The molecule has 1 aromatic heterocycles. The SMILES string of the molecule is CCc1nnc(NC(=O)[C@H](c2ccccc2)[C@@H](C)CC)s1. The number of hydrogen-bond acceptors (Lipinski definition) is 4. The Labute approximate surface area is 129 Å². The summed E-state index contributed by atoms with van der Waals surface area (Å²) in [6.07, 6.45) is 1.78. The fourth-order valence-corrected chi connectivity index (χ4v) is 2.95. The van der Waals surface area contributed by atoms with Gasteiger partial charge in [0.15, 0.2) is 0 Å². The molecule has 1 aromatic carbocycles. The lowest BCUT2D eigenvalue weighted by Crippen LogP contribution is -2.26. The summed E-state index contributed by atoms with van der Waals surface area (Å²) in [6, 6.07) is 9.92. The summed E-state index contributed by atoms with van der Waals surface area (Å²) in [6.45, 7) is 6.24. The van der Waals surface area contributed by atoms with Crippen LogP contribution in [0.4, 0.5) is 5.13 Å². The van der Waals surface area contributed by atoms with Crippen LogP contribution in [0.2, 0.25) is 0 Å². The highest BCUT2D eigenvalue weighted by molar-refractivity contribution is 7.15. The summed E-state index contributed by atoms with van der Waals surface area (Å²) in [5, 5.41) is 12.5. The lowest BCUT2D eigenvalue weighted by Gasteiger charge is -2.22. The van der Waals surface area contributed by atoms with E-state index in [1.165, 1.54) is 11.3 Å². The van der Waals surface area contributed by atoms with Gasteiger partial charge in [-0.25, -0.2) is 0 Å². The summed E-state index contributed by atoms with van der Waals surface area (Å²) in [5.41, 5.74) is 1.05. The van der Waals surface area contributed by atoms with E-state index < -0.39 is 0 Å². The maximum Gasteiger partial charge on any atom is 0.234 e. The molecule has 0 saturated heterocycles. The maximum atomic E-state index is 12.6. The van der Waals surface area contributed by atoms with Gasteiger partial charge in [-0.2, -0.15) is 0 Å². The number of carbonyl (C=O) groups excluding carboxylic acids is 1. The fraction of sp³-hybridized carbons (Fsp3) is 0.438. The normalized spacial score (nSPS) is 13.7. The lowest BCUT2D eigenvalue weighted by atomic mass is 9.85. The zero-order chi connectivity index (χ0) is 15.2. The number of nitrogens with zero attached hydrogens (tertiary/aromatic N) is 2. The van der Waals surface area contributed by atoms with Gasteiger partial charge in [-0.05, 0) is 17.9 Å². The van der Waals surface area contributed by atoms with Crippen molar-refractivity contribution in [1.82, 2.24) is 10.2 Å². The Bertz CT molecular complexity index is 582. The first-order valence-corrected chi connectivity index (χ1v) is 8.15. The van der Waals surface area contributed by atoms with Crippen LogP contribution in [0.1, 0.15) is 43.7 Å². The highest BCUT2D eigenvalue weighted by atomic mass is 32.1. The molecule has 0 aliphatic rings. The molecule has 4 nitrogen and oxygen atoms in total. The predicted octanol–water partition coefficient (Wildman–Crippen LogP) is 3.87. The summed E-state index contributed by atoms with van der Waals surface area (Å²) < 4.78 is 0. The molecular formula is C16H21N3OS. The van der Waals surface area contributed by atoms with Crippen molar-refractivity contribution in [2.24, 2.45) is 5.92 Å². The van der Waals surface area contributed by atoms with E-state index in [2.05, 4.69) is 29.4 Å². The van der Waals surface area contributed by atoms with Crippen LogP contribution >= 0.6 is 11.3 Å². The standard InChI is InChI=1S/C16H21N3OS/c1-4-11(3)14(12-9-7-6-8-10-12)15(20)17-16-19-18-13(5-2)21-16/h6-11,14H,4-5H2,1-3H3,(H,17,19,20)/t11-,14-/m0/s1. The zero-order valence-electron chi connectivity index (χ0n) is 12.7. The summed E-state index contributed by atoms with van der Waals surface area (Å²) >= 11 is 1.44. The molecule has 2 aromatic rings. The zero-order valence-corrected chi connectivity index (χ0v) is 13.5. The second-order valence-corrected chi connectivity index (χ2v) is 6.18. The predicted molar refractivity (Wildman–Crippen MR) is 86.6 cm³/mol. The molecule has 0 saturated carbocycles. The van der Waals surface area contributed by atoms with Gasteiger partial charge in [0.25, 0.3) is 0 Å². The fourth-order valence-electron chi connectivity index (χ4n) is 2.26. The topological polar surface area (TPSA) is 54.9 Å². The quantitative estimate of drug-likeness (QED) is 0.881. The van der Waals surface area contributed by atoms with Crippen LogP contribution < -0.4 is 5.32 Å². The highest BCUT2D eigenvalue weighted by Gasteiger charge is 2.26. The second kappa shape index (κ2) is 7.31. The summed E-state index contributed by atoms with van der Waals surface area (Å²) in [5.74, 6) is 0.102. The van der Waals surface area contributed by atoms with Crippen LogP contribution in [0.3, 0.4) is 0 Å². The highest BCUT2D eigenvalue weighted by Crippen LogP contribution is 2.29. The lowest BCUT2D eigenvalue weighted by molar-refractivity contribution is -0.118. The first-order chi connectivity index (χ1) is 10.2. The van der Waals surface area contributed by atoms with Crippen LogP contribution in [0.5, 0.6) is 0 Å². The Balaban J connectivity index is 2.18. The van der Waals surface area contributed by atoms with Gasteiger partial charge in [0.05, 0.1) is 5.92 Å². The summed E-state index contributed by atoms with van der Waals surface area (Å²) in [7, 11) is 0. The monoisotopic (exact) mass is 303 g/mol. The third-order valence-electron chi connectivity index (χ3n) is 3.65. The molecule has 1 amide bonds. The number of amides is 1. The molecule has 2 rings (SSSR count). The number of rotatable bonds is 6. The van der Waals surface area contributed by atoms with Crippen molar-refractivity contribution in [2.75, 3.05) is 5.32 Å². The Morgan fingerprint density at radius 2 is 1.95 bits per heavy atom. The van der Waals surface area contributed by atoms with Gasteiger partial charge in [0.1, 0.15) is 5.01 Å². The van der Waals surface area contributed by atoms with Crippen LogP contribution in [0.15, 0.2) is 30.3 Å². The molecule has 0 unspecified atom stereocenters. The van der Waals surface area contributed by atoms with Gasteiger partial charge in [0.2, 0.25) is 11.0 Å². The largest absolute Gasteiger partial charge is 0.300 e. The molecule has 0 radical (unpaired) electrons. The van der Waals surface area contributed by atoms with E-state index in [0.717, 1.165) is 23.4 Å². The van der Waals surface area contributed by atoms with Crippen molar-refractivity contribution in [3.63, 3.8) is 0 Å². The van der Waals surface area contributed by atoms with E-state index in [-0.39, 0.29) is 17.7 Å². The smallest absolute Gasteiger partial charge is 0.234 e. The van der Waals surface area contributed by atoms with Crippen molar-refractivity contribution in [3.8, 4) is 0 Å². The molecule has 0 spiro atoms. The van der Waals surface area contributed by atoms with Crippen molar-refractivity contribution >= 4 is 22.4 Å². The number of aryl methyl sites for hydroxylation is 1. The van der Waals surface area contributed by atoms with Gasteiger partial charge in [-0.3, -0.25) is 10.1 Å². The van der Waals surface area contributed by atoms with Gasteiger partial charge in [-0.1, -0.05) is 68.9 Å². The Morgan fingerprint density at radius 3 is 2.52 bits per heavy atom. The molecule has 1 heterocycles. The molecule has 0 aliphatic carbocycles. The van der Waals surface area contributed by atoms with Crippen LogP contribution in [0.25, 0.3) is 0 Å². The molecule has 2 atom stereocenters. The molecule has 0 fully saturated rings. The summed E-state index contributed by atoms with van der Waals surface area (Å²) in [4.78, 5) is 12.6. The van der Waals surface area contributed by atoms with Crippen molar-refractivity contribution in [2.45, 2.75) is 39.5 Å². The first kappa shape index (κ1) is 15.6. The van der Waals surface area contributed by atoms with E-state index in [4.69, 9.17) is 0 Å². The second-order valence-electron chi connectivity index (χ2n) is 5.12. The van der Waals surface area contributed by atoms with Crippen LogP contribution in [-0.2, 0) is 11.2 Å². The minimum atomic E-state index is -0.162. The Morgan fingerprint density at radius 1 is 1.24 bits per heavy atom. The number of benzene rings is 1. The third kappa shape index (κ3) is 3.88. The molecular weight excluding hydrogens is 282 g/mol. The molecule has 0 aliphatic heterocycles. The Hall–Kier alpha value is -1.75. The number of nitrogens with one attached hydrogen (secondary N) is 1. The molecule has 0 bridgehead atoms. The van der Waals surface area contributed by atoms with Gasteiger partial charge in [-0.15, -0.1) is 10.2 Å². The van der Waals surface area contributed by atoms with Gasteiger partial charge >= 0.3 is 0 Å². The van der Waals surface area contributed by atoms with Crippen molar-refractivity contribution in [1.29, 1.82) is 0 Å². The minimum absolute atomic E-state index is 0.00523. The molecule has 5 heteroatoms. The van der Waals surface area contributed by atoms with E-state index in [1.807, 2.05) is 37.3 Å². The minimum Gasteiger partial charge on any atom is -0.300 e. The average Bonchev–Trinajstić information content (AvgIpc) is 2.96. The number of hydrogen-bond donors (Lipinski definition) is 1. The van der Waals surface area contributed by atoms with Crippen molar-refractivity contribution in [3.05, 3.63) is 40.9 Å². The number of anilines is 1. The number of carbonyl (C=O) groups is 1. The van der Waals surface area contributed by atoms with Crippen LogP contribution in [0, 0.1) is 5.92 Å². The van der Waals surface area contributed by atoms with Gasteiger partial charge in [0, 0.05) is 0 Å². The van der Waals surface area contributed by atoms with E-state index >= 15 is 0 Å². The van der Waals surface area contributed by atoms with Gasteiger partial charge < -0.3 is 0 Å². The molecule has 21 heavy (non-hydrogen) atoms. The average molecular weight is 303 g/mol. The van der Waals surface area contributed by atoms with E-state index in [1.54, 1.807) is 0 Å². The first-order valence-electron chi connectivity index (χ1n) is 7.33. The van der Waals surface area contributed by atoms with Crippen LogP contribution in [-0.4, -0.2) is 16.1 Å². The van der Waals surface area contributed by atoms with Crippen molar-refractivity contribution < 1.29 is 4.79 Å². The third-order valence-corrected chi connectivity index (χ3v) is 4.64. The van der Waals surface area contributed by atoms with E-state index in [0.29, 0.717) is 5.13 Å².